The van der Waals surface area contributed by atoms with Crippen molar-refractivity contribution in [3.63, 3.8) is 0 Å². The number of hydrogen-bond acceptors (Lipinski definition) is 4. The summed E-state index contributed by atoms with van der Waals surface area (Å²) in [6.45, 7) is 5.30. The molecule has 100 valence electrons. The Labute approximate surface area is 105 Å². The van der Waals surface area contributed by atoms with Gasteiger partial charge in [-0.1, -0.05) is 13.8 Å². The minimum atomic E-state index is -0.568. The van der Waals surface area contributed by atoms with Gasteiger partial charge in [-0.15, -0.1) is 0 Å². The predicted molar refractivity (Wildman–Crippen MR) is 67.1 cm³/mol. The van der Waals surface area contributed by atoms with E-state index in [0.717, 1.165) is 10.8 Å². The number of Topliss-reactive ketones (excluding diaryl/α,β-unsaturated/α-hetero) is 1. The zero-order chi connectivity index (χ0) is 13.9. The molecule has 0 saturated carbocycles. The van der Waals surface area contributed by atoms with Gasteiger partial charge >= 0.3 is 5.69 Å². The standard InChI is InChI=1S/C12H18N2O4/c1-7(2)10(6-18-4)14-11(16)9(8(3)15)5-13-12(14)17/h5,7,10H,6H2,1-4H3,(H,13,17). The number of ketones is 1. The van der Waals surface area contributed by atoms with Gasteiger partial charge in [-0.05, 0) is 12.8 Å². The van der Waals surface area contributed by atoms with Crippen molar-refractivity contribution in [3.8, 4) is 0 Å². The number of ether oxygens (including phenoxy) is 1. The van der Waals surface area contributed by atoms with Crippen LogP contribution in [0.1, 0.15) is 37.2 Å². The number of aromatic nitrogens is 2. The molecule has 0 amide bonds. The molecule has 0 aromatic carbocycles. The van der Waals surface area contributed by atoms with Crippen molar-refractivity contribution in [1.82, 2.24) is 9.55 Å². The number of carbonyl (C=O) groups is 1. The fourth-order valence-corrected chi connectivity index (χ4v) is 1.78. The molecule has 1 heterocycles. The molecule has 6 nitrogen and oxygen atoms in total. The highest BCUT2D eigenvalue weighted by Crippen LogP contribution is 2.14. The van der Waals surface area contributed by atoms with Crippen LogP contribution in [0.15, 0.2) is 15.8 Å². The van der Waals surface area contributed by atoms with Crippen LogP contribution >= 0.6 is 0 Å². The molecule has 0 aliphatic rings. The molecule has 1 aromatic rings. The normalized spacial score (nSPS) is 12.7. The van der Waals surface area contributed by atoms with Gasteiger partial charge in [0.05, 0.1) is 18.2 Å². The number of nitrogens with one attached hydrogen (secondary N) is 1. The Morgan fingerprint density at radius 1 is 1.44 bits per heavy atom. The number of H-pyrrole nitrogens is 1. The van der Waals surface area contributed by atoms with E-state index < -0.39 is 17.3 Å². The highest BCUT2D eigenvalue weighted by atomic mass is 16.5. The van der Waals surface area contributed by atoms with E-state index in [2.05, 4.69) is 4.98 Å². The maximum atomic E-state index is 12.1. The van der Waals surface area contributed by atoms with Gasteiger partial charge in [0.2, 0.25) is 0 Å². The van der Waals surface area contributed by atoms with Crippen molar-refractivity contribution >= 4 is 5.78 Å². The molecule has 0 spiro atoms. The van der Waals surface area contributed by atoms with E-state index in [9.17, 15) is 14.4 Å². The van der Waals surface area contributed by atoms with Gasteiger partial charge in [-0.25, -0.2) is 4.79 Å². The lowest BCUT2D eigenvalue weighted by Crippen LogP contribution is -2.43. The van der Waals surface area contributed by atoms with E-state index >= 15 is 0 Å². The summed E-state index contributed by atoms with van der Waals surface area (Å²) in [7, 11) is 1.50. The topological polar surface area (TPSA) is 81.2 Å². The summed E-state index contributed by atoms with van der Waals surface area (Å²) in [5, 5.41) is 0. The van der Waals surface area contributed by atoms with Crippen LogP contribution in [-0.4, -0.2) is 29.1 Å². The molecule has 0 bridgehead atoms. The molecule has 0 fully saturated rings. The minimum absolute atomic E-state index is 0.0173. The van der Waals surface area contributed by atoms with Gasteiger partial charge in [0.15, 0.2) is 5.78 Å². The third kappa shape index (κ3) is 2.76. The summed E-state index contributed by atoms with van der Waals surface area (Å²) < 4.78 is 6.09. The molecular formula is C12H18N2O4. The van der Waals surface area contributed by atoms with Crippen molar-refractivity contribution in [1.29, 1.82) is 0 Å². The summed E-state index contributed by atoms with van der Waals surface area (Å²) in [5.41, 5.74) is -1.11. The lowest BCUT2D eigenvalue weighted by Gasteiger charge is -2.21. The first kappa shape index (κ1) is 14.4. The van der Waals surface area contributed by atoms with E-state index in [4.69, 9.17) is 4.74 Å². The number of methoxy groups -OCH3 is 1. The van der Waals surface area contributed by atoms with Crippen LogP contribution in [0.4, 0.5) is 0 Å². The van der Waals surface area contributed by atoms with E-state index in [0.29, 0.717) is 0 Å². The Kier molecular flexibility index (Phi) is 4.61. The largest absolute Gasteiger partial charge is 0.383 e. The average Bonchev–Trinajstić information content (AvgIpc) is 2.27. The van der Waals surface area contributed by atoms with Crippen molar-refractivity contribution in [3.05, 3.63) is 32.6 Å². The second-order valence-electron chi connectivity index (χ2n) is 4.51. The van der Waals surface area contributed by atoms with Crippen LogP contribution in [0.25, 0.3) is 0 Å². The molecule has 1 unspecified atom stereocenters. The third-order valence-electron chi connectivity index (χ3n) is 2.83. The van der Waals surface area contributed by atoms with E-state index in [1.165, 1.54) is 14.0 Å². The second kappa shape index (κ2) is 5.77. The van der Waals surface area contributed by atoms with Crippen LogP contribution in [-0.2, 0) is 4.74 Å². The number of hydrogen-bond donors (Lipinski definition) is 1. The molecule has 0 aliphatic heterocycles. The van der Waals surface area contributed by atoms with Crippen molar-refractivity contribution in [2.45, 2.75) is 26.8 Å². The van der Waals surface area contributed by atoms with Crippen LogP contribution in [0.2, 0.25) is 0 Å². The molecule has 18 heavy (non-hydrogen) atoms. The molecular weight excluding hydrogens is 236 g/mol. The monoisotopic (exact) mass is 254 g/mol. The van der Waals surface area contributed by atoms with E-state index in [1.807, 2.05) is 13.8 Å². The quantitative estimate of drug-likeness (QED) is 0.779. The number of rotatable bonds is 5. The summed E-state index contributed by atoms with van der Waals surface area (Å²) in [5.74, 6) is -0.337. The Morgan fingerprint density at radius 2 is 2.06 bits per heavy atom. The van der Waals surface area contributed by atoms with Gasteiger partial charge in [0, 0.05) is 13.3 Å². The molecule has 1 rings (SSSR count). The molecule has 1 atom stereocenters. The summed E-state index contributed by atoms with van der Waals surface area (Å²) >= 11 is 0. The fourth-order valence-electron chi connectivity index (χ4n) is 1.78. The van der Waals surface area contributed by atoms with Crippen molar-refractivity contribution in [2.24, 2.45) is 5.92 Å². The molecule has 1 N–H and O–H groups in total. The van der Waals surface area contributed by atoms with E-state index in [1.54, 1.807) is 0 Å². The maximum absolute atomic E-state index is 12.1. The Bertz CT molecular complexity index is 542. The van der Waals surface area contributed by atoms with Crippen molar-refractivity contribution < 1.29 is 9.53 Å². The Balaban J connectivity index is 3.47. The first-order chi connectivity index (χ1) is 8.40. The van der Waals surface area contributed by atoms with Crippen LogP contribution < -0.4 is 11.2 Å². The van der Waals surface area contributed by atoms with E-state index in [-0.39, 0.29) is 23.9 Å². The minimum Gasteiger partial charge on any atom is -0.383 e. The van der Waals surface area contributed by atoms with Crippen molar-refractivity contribution in [2.75, 3.05) is 13.7 Å². The Morgan fingerprint density at radius 3 is 2.50 bits per heavy atom. The Hall–Kier alpha value is -1.69. The number of aromatic amines is 1. The van der Waals surface area contributed by atoms with Crippen LogP contribution in [0.5, 0.6) is 0 Å². The zero-order valence-corrected chi connectivity index (χ0v) is 11.0. The van der Waals surface area contributed by atoms with Gasteiger partial charge in [-0.3, -0.25) is 14.2 Å². The second-order valence-corrected chi connectivity index (χ2v) is 4.51. The summed E-state index contributed by atoms with van der Waals surface area (Å²) in [6.07, 6.45) is 1.16. The SMILES string of the molecule is COCC(C(C)C)n1c(=O)[nH]cc(C(C)=O)c1=O. The summed E-state index contributed by atoms with van der Waals surface area (Å²) in [4.78, 5) is 37.6. The molecule has 0 radical (unpaired) electrons. The molecule has 6 heteroatoms. The van der Waals surface area contributed by atoms with Gasteiger partial charge in [-0.2, -0.15) is 0 Å². The third-order valence-corrected chi connectivity index (χ3v) is 2.83. The van der Waals surface area contributed by atoms with Crippen LogP contribution in [0, 0.1) is 5.92 Å². The number of carbonyl (C=O) groups excluding carboxylic acids is 1. The maximum Gasteiger partial charge on any atom is 0.328 e. The lowest BCUT2D eigenvalue weighted by atomic mass is 10.0. The zero-order valence-electron chi connectivity index (χ0n) is 11.0. The highest BCUT2D eigenvalue weighted by molar-refractivity contribution is 5.93. The smallest absolute Gasteiger partial charge is 0.328 e. The predicted octanol–water partition coefficient (Wildman–Crippen LogP) is 0.583. The number of nitrogens with zero attached hydrogens (tertiary/aromatic N) is 1. The van der Waals surface area contributed by atoms with Gasteiger partial charge in [0.25, 0.3) is 5.56 Å². The first-order valence-corrected chi connectivity index (χ1v) is 5.74. The van der Waals surface area contributed by atoms with Crippen LogP contribution in [0.3, 0.4) is 0 Å². The van der Waals surface area contributed by atoms with Gasteiger partial charge in [0.1, 0.15) is 0 Å². The highest BCUT2D eigenvalue weighted by Gasteiger charge is 2.21. The average molecular weight is 254 g/mol. The van der Waals surface area contributed by atoms with Gasteiger partial charge < -0.3 is 9.72 Å². The molecule has 0 aliphatic carbocycles. The molecule has 0 saturated heterocycles. The summed E-state index contributed by atoms with van der Waals surface area (Å²) in [6, 6.07) is -0.398. The fraction of sp³-hybridized carbons (Fsp3) is 0.583. The molecule has 1 aromatic heterocycles. The first-order valence-electron chi connectivity index (χ1n) is 5.74. The lowest BCUT2D eigenvalue weighted by molar-refractivity contribution is 0.101.